The van der Waals surface area contributed by atoms with E-state index in [0.29, 0.717) is 26.0 Å². The van der Waals surface area contributed by atoms with Crippen molar-refractivity contribution in [2.75, 3.05) is 19.8 Å². The van der Waals surface area contributed by atoms with Gasteiger partial charge in [0.15, 0.2) is 11.5 Å². The number of hydrogen-bond donors (Lipinski definition) is 4. The van der Waals surface area contributed by atoms with Crippen molar-refractivity contribution in [1.82, 2.24) is 5.32 Å². The number of hydrogen-bond acceptors (Lipinski definition) is 6. The molecule has 8 nitrogen and oxygen atoms in total. The van der Waals surface area contributed by atoms with E-state index < -0.39 is 17.2 Å². The van der Waals surface area contributed by atoms with Crippen LogP contribution in [-0.4, -0.2) is 58.2 Å². The average molecular weight is 397 g/mol. The summed E-state index contributed by atoms with van der Waals surface area (Å²) in [5.41, 5.74) is -0.570. The van der Waals surface area contributed by atoms with Crippen LogP contribution < -0.4 is 5.32 Å². The van der Waals surface area contributed by atoms with E-state index in [9.17, 15) is 19.8 Å². The molecule has 4 N–H and O–H groups in total. The topological polar surface area (TPSA) is 125 Å². The highest BCUT2D eigenvalue weighted by molar-refractivity contribution is 5.77. The molecule has 1 aromatic carbocycles. The minimum absolute atomic E-state index is 0.0878. The van der Waals surface area contributed by atoms with Gasteiger partial charge < -0.3 is 30.1 Å². The van der Waals surface area contributed by atoms with Crippen molar-refractivity contribution in [1.29, 1.82) is 0 Å². The van der Waals surface area contributed by atoms with Crippen LogP contribution in [0.25, 0.3) is 0 Å². The molecule has 0 aliphatic carbocycles. The third kappa shape index (κ3) is 9.57. The van der Waals surface area contributed by atoms with Gasteiger partial charge in [0.05, 0.1) is 24.2 Å². The number of benzene rings is 1. The molecule has 28 heavy (non-hydrogen) atoms. The molecule has 0 bridgehead atoms. The summed E-state index contributed by atoms with van der Waals surface area (Å²) in [5, 5.41) is 30.3. The Kier molecular flexibility index (Phi) is 8.71. The summed E-state index contributed by atoms with van der Waals surface area (Å²) in [5.74, 6) is -1.55. The van der Waals surface area contributed by atoms with Crippen molar-refractivity contribution in [3.05, 3.63) is 23.8 Å². The van der Waals surface area contributed by atoms with Crippen LogP contribution in [0, 0.1) is 0 Å². The highest BCUT2D eigenvalue weighted by Gasteiger charge is 2.25. The molecule has 0 fully saturated rings. The number of rotatable bonds is 12. The Morgan fingerprint density at radius 2 is 1.71 bits per heavy atom. The van der Waals surface area contributed by atoms with E-state index in [1.54, 1.807) is 19.9 Å². The summed E-state index contributed by atoms with van der Waals surface area (Å²) >= 11 is 0. The predicted molar refractivity (Wildman–Crippen MR) is 103 cm³/mol. The molecular formula is C20H31NO7. The lowest BCUT2D eigenvalue weighted by atomic mass is 10.0. The molecule has 0 saturated heterocycles. The van der Waals surface area contributed by atoms with Crippen LogP contribution in [0.3, 0.4) is 0 Å². The van der Waals surface area contributed by atoms with Crippen LogP contribution >= 0.6 is 0 Å². The van der Waals surface area contributed by atoms with Crippen LogP contribution in [0.1, 0.15) is 46.1 Å². The number of phenols is 2. The number of aromatic hydroxyl groups is 2. The van der Waals surface area contributed by atoms with Crippen LogP contribution in [-0.2, 0) is 25.5 Å². The molecule has 0 aliphatic rings. The molecule has 0 unspecified atom stereocenters. The second-order valence-corrected chi connectivity index (χ2v) is 7.90. The van der Waals surface area contributed by atoms with Crippen molar-refractivity contribution in [2.24, 2.45) is 0 Å². The zero-order valence-electron chi connectivity index (χ0n) is 16.9. The van der Waals surface area contributed by atoms with Gasteiger partial charge in [0.25, 0.3) is 0 Å². The van der Waals surface area contributed by atoms with Gasteiger partial charge in [0.1, 0.15) is 6.61 Å². The van der Waals surface area contributed by atoms with Gasteiger partial charge in [0.2, 0.25) is 5.91 Å². The average Bonchev–Trinajstić information content (AvgIpc) is 2.55. The highest BCUT2D eigenvalue weighted by atomic mass is 16.5. The molecular weight excluding hydrogens is 366 g/mol. The Bertz CT molecular complexity index is 671. The molecule has 8 heteroatoms. The molecule has 0 atom stereocenters. The van der Waals surface area contributed by atoms with Gasteiger partial charge in [-0.3, -0.25) is 9.59 Å². The van der Waals surface area contributed by atoms with E-state index in [2.05, 4.69) is 5.32 Å². The number of carboxylic acids is 1. The van der Waals surface area contributed by atoms with Crippen molar-refractivity contribution in [3.63, 3.8) is 0 Å². The SMILES string of the molecule is CC(C)(CCOC(C)(C)CC(=O)O)OCC(=O)NCCc1ccc(O)c(O)c1. The normalized spacial score (nSPS) is 12.0. The second-order valence-electron chi connectivity index (χ2n) is 7.90. The highest BCUT2D eigenvalue weighted by Crippen LogP contribution is 2.24. The summed E-state index contributed by atoms with van der Waals surface area (Å²) in [6.07, 6.45) is 0.932. The fourth-order valence-corrected chi connectivity index (χ4v) is 2.44. The summed E-state index contributed by atoms with van der Waals surface area (Å²) < 4.78 is 11.3. The van der Waals surface area contributed by atoms with Crippen molar-refractivity contribution in [2.45, 2.75) is 58.2 Å². The summed E-state index contributed by atoms with van der Waals surface area (Å²) in [4.78, 5) is 22.7. The minimum Gasteiger partial charge on any atom is -0.504 e. The zero-order valence-corrected chi connectivity index (χ0v) is 16.9. The first-order chi connectivity index (χ1) is 12.9. The monoisotopic (exact) mass is 397 g/mol. The summed E-state index contributed by atoms with van der Waals surface area (Å²) in [7, 11) is 0. The summed E-state index contributed by atoms with van der Waals surface area (Å²) in [6, 6.07) is 4.53. The zero-order chi connectivity index (χ0) is 21.4. The lowest BCUT2D eigenvalue weighted by Gasteiger charge is -2.28. The van der Waals surface area contributed by atoms with Gasteiger partial charge >= 0.3 is 5.97 Å². The lowest BCUT2D eigenvalue weighted by molar-refractivity contribution is -0.145. The second kappa shape index (κ2) is 10.3. The van der Waals surface area contributed by atoms with Crippen LogP contribution in [0.5, 0.6) is 11.5 Å². The Balaban J connectivity index is 2.28. The largest absolute Gasteiger partial charge is 0.504 e. The standard InChI is InChI=1S/C20H31NO7/c1-19(2,8-10-27-20(3,4)12-18(25)26)28-13-17(24)21-9-7-14-5-6-15(22)16(23)11-14/h5-6,11,22-23H,7-10,12-13H2,1-4H3,(H,21,24)(H,25,26). The first kappa shape index (κ1) is 23.7. The first-order valence-electron chi connectivity index (χ1n) is 9.17. The molecule has 1 rings (SSSR count). The Morgan fingerprint density at radius 3 is 2.32 bits per heavy atom. The number of ether oxygens (including phenoxy) is 2. The molecule has 158 valence electrons. The lowest BCUT2D eigenvalue weighted by Crippen LogP contribution is -2.36. The molecule has 0 radical (unpaired) electrons. The van der Waals surface area contributed by atoms with E-state index in [0.717, 1.165) is 5.56 Å². The molecule has 1 amide bonds. The molecule has 0 aliphatic heterocycles. The third-order valence-corrected chi connectivity index (χ3v) is 4.14. The van der Waals surface area contributed by atoms with Crippen molar-refractivity contribution in [3.8, 4) is 11.5 Å². The molecule has 0 spiro atoms. The fraction of sp³-hybridized carbons (Fsp3) is 0.600. The molecule has 0 heterocycles. The van der Waals surface area contributed by atoms with Gasteiger partial charge in [-0.1, -0.05) is 6.07 Å². The molecule has 0 aromatic heterocycles. The van der Waals surface area contributed by atoms with Gasteiger partial charge in [-0.05, 0) is 58.2 Å². The minimum atomic E-state index is -0.917. The number of carboxylic acid groups (broad SMARTS) is 1. The Labute approximate surface area is 165 Å². The van der Waals surface area contributed by atoms with E-state index in [1.807, 2.05) is 13.8 Å². The molecule has 1 aromatic rings. The number of aliphatic carboxylic acids is 1. The van der Waals surface area contributed by atoms with Gasteiger partial charge in [-0.2, -0.15) is 0 Å². The van der Waals surface area contributed by atoms with Crippen LogP contribution in [0.2, 0.25) is 0 Å². The van der Waals surface area contributed by atoms with Crippen molar-refractivity contribution >= 4 is 11.9 Å². The Morgan fingerprint density at radius 1 is 1.04 bits per heavy atom. The van der Waals surface area contributed by atoms with Crippen LogP contribution in [0.15, 0.2) is 18.2 Å². The fourth-order valence-electron chi connectivity index (χ4n) is 2.44. The van der Waals surface area contributed by atoms with E-state index in [4.69, 9.17) is 14.6 Å². The maximum absolute atomic E-state index is 11.9. The van der Waals surface area contributed by atoms with E-state index >= 15 is 0 Å². The number of nitrogens with one attached hydrogen (secondary N) is 1. The van der Waals surface area contributed by atoms with Gasteiger partial charge in [-0.15, -0.1) is 0 Å². The van der Waals surface area contributed by atoms with Crippen LogP contribution in [0.4, 0.5) is 0 Å². The Hall–Kier alpha value is -2.32. The van der Waals surface area contributed by atoms with Crippen molar-refractivity contribution < 1.29 is 34.4 Å². The molecule has 0 saturated carbocycles. The third-order valence-electron chi connectivity index (χ3n) is 4.14. The predicted octanol–water partition coefficient (Wildman–Crippen LogP) is 2.21. The van der Waals surface area contributed by atoms with Gasteiger partial charge in [-0.25, -0.2) is 0 Å². The van der Waals surface area contributed by atoms with Gasteiger partial charge in [0, 0.05) is 6.54 Å². The summed E-state index contributed by atoms with van der Waals surface area (Å²) in [6.45, 7) is 7.71. The van der Waals surface area contributed by atoms with E-state index in [1.165, 1.54) is 12.1 Å². The number of phenolic OH excluding ortho intramolecular Hbond substituents is 2. The first-order valence-corrected chi connectivity index (χ1v) is 9.17. The number of carbonyl (C=O) groups is 2. The maximum atomic E-state index is 11.9. The maximum Gasteiger partial charge on any atom is 0.306 e. The van der Waals surface area contributed by atoms with E-state index in [-0.39, 0.29) is 30.4 Å². The number of carbonyl (C=O) groups excluding carboxylic acids is 1. The smallest absolute Gasteiger partial charge is 0.306 e. The quantitative estimate of drug-likeness (QED) is 0.398. The number of amides is 1.